The van der Waals surface area contributed by atoms with Crippen LogP contribution in [0.25, 0.3) is 0 Å². The van der Waals surface area contributed by atoms with Gasteiger partial charge in [-0.15, -0.1) is 24.0 Å². The van der Waals surface area contributed by atoms with Gasteiger partial charge in [-0.25, -0.2) is 4.79 Å². The number of alkyl carbamates (subject to hydrolysis) is 1. The number of ether oxygens (including phenoxy) is 2. The number of benzene rings is 1. The highest BCUT2D eigenvalue weighted by Gasteiger charge is 2.15. The van der Waals surface area contributed by atoms with E-state index in [-0.39, 0.29) is 24.0 Å². The topological polar surface area (TPSA) is 84.0 Å². The van der Waals surface area contributed by atoms with Crippen molar-refractivity contribution in [2.75, 3.05) is 33.8 Å². The van der Waals surface area contributed by atoms with E-state index in [1.165, 1.54) is 5.56 Å². The van der Waals surface area contributed by atoms with Crippen LogP contribution in [0.2, 0.25) is 0 Å². The Balaban J connectivity index is 0.00000729. The van der Waals surface area contributed by atoms with Crippen LogP contribution in [0.15, 0.2) is 23.2 Å². The van der Waals surface area contributed by atoms with Gasteiger partial charge in [0.25, 0.3) is 0 Å². The van der Waals surface area contributed by atoms with Gasteiger partial charge in [-0.05, 0) is 57.7 Å². The van der Waals surface area contributed by atoms with Crippen molar-refractivity contribution in [3.63, 3.8) is 0 Å². The highest BCUT2D eigenvalue weighted by Crippen LogP contribution is 2.18. The van der Waals surface area contributed by atoms with Crippen LogP contribution in [-0.4, -0.2) is 51.4 Å². The molecule has 1 rings (SSSR count). The molecule has 0 unspecified atom stereocenters. The van der Waals surface area contributed by atoms with Gasteiger partial charge in [0, 0.05) is 26.7 Å². The lowest BCUT2D eigenvalue weighted by molar-refractivity contribution is 0.0527. The Morgan fingerprint density at radius 3 is 2.36 bits per heavy atom. The monoisotopic (exact) mass is 506 g/mol. The molecule has 0 aromatic heterocycles. The predicted molar refractivity (Wildman–Crippen MR) is 125 cm³/mol. The van der Waals surface area contributed by atoms with Crippen molar-refractivity contribution in [3.8, 4) is 5.75 Å². The number of methoxy groups -OCH3 is 1. The minimum Gasteiger partial charge on any atom is -0.496 e. The number of amides is 1. The highest BCUT2D eigenvalue weighted by atomic mass is 127. The molecule has 0 fully saturated rings. The smallest absolute Gasteiger partial charge is 0.407 e. The maximum atomic E-state index is 11.6. The van der Waals surface area contributed by atoms with Crippen molar-refractivity contribution in [2.45, 2.75) is 46.1 Å². The predicted octanol–water partition coefficient (Wildman–Crippen LogP) is 3.24. The van der Waals surface area contributed by atoms with E-state index in [0.29, 0.717) is 13.1 Å². The molecule has 0 heterocycles. The van der Waals surface area contributed by atoms with Crippen LogP contribution in [0, 0.1) is 6.92 Å². The first-order valence-corrected chi connectivity index (χ1v) is 9.30. The van der Waals surface area contributed by atoms with Gasteiger partial charge < -0.3 is 25.4 Å². The summed E-state index contributed by atoms with van der Waals surface area (Å²) < 4.78 is 10.5. The van der Waals surface area contributed by atoms with Gasteiger partial charge in [0.15, 0.2) is 5.96 Å². The molecule has 0 spiro atoms. The molecular formula is C20H35IN4O3. The van der Waals surface area contributed by atoms with E-state index >= 15 is 0 Å². The zero-order valence-corrected chi connectivity index (χ0v) is 20.2. The van der Waals surface area contributed by atoms with Gasteiger partial charge in [-0.3, -0.25) is 4.99 Å². The van der Waals surface area contributed by atoms with E-state index in [1.807, 2.05) is 27.7 Å². The third kappa shape index (κ3) is 11.2. The minimum atomic E-state index is -0.476. The fourth-order valence-corrected chi connectivity index (χ4v) is 2.37. The summed E-state index contributed by atoms with van der Waals surface area (Å²) in [4.78, 5) is 15.8. The summed E-state index contributed by atoms with van der Waals surface area (Å²) in [6.45, 7) is 9.58. The molecule has 0 saturated heterocycles. The molecule has 0 aliphatic heterocycles. The largest absolute Gasteiger partial charge is 0.496 e. The van der Waals surface area contributed by atoms with Gasteiger partial charge >= 0.3 is 6.09 Å². The van der Waals surface area contributed by atoms with Crippen LogP contribution < -0.4 is 20.7 Å². The van der Waals surface area contributed by atoms with Crippen molar-refractivity contribution >= 4 is 36.0 Å². The second-order valence-corrected chi connectivity index (χ2v) is 7.26. The maximum Gasteiger partial charge on any atom is 0.407 e. The molecule has 3 N–H and O–H groups in total. The third-order valence-electron chi connectivity index (χ3n) is 3.72. The van der Waals surface area contributed by atoms with Crippen LogP contribution in [0.3, 0.4) is 0 Å². The lowest BCUT2D eigenvalue weighted by Gasteiger charge is -2.19. The number of carbonyl (C=O) groups is 1. The van der Waals surface area contributed by atoms with Crippen molar-refractivity contribution in [3.05, 3.63) is 29.3 Å². The summed E-state index contributed by atoms with van der Waals surface area (Å²) >= 11 is 0. The number of rotatable bonds is 8. The Morgan fingerprint density at radius 2 is 1.75 bits per heavy atom. The number of aryl methyl sites for hydroxylation is 1. The van der Waals surface area contributed by atoms with Crippen molar-refractivity contribution in [1.29, 1.82) is 0 Å². The molecular weight excluding hydrogens is 471 g/mol. The fraction of sp³-hybridized carbons (Fsp3) is 0.600. The zero-order valence-electron chi connectivity index (χ0n) is 17.8. The van der Waals surface area contributed by atoms with Gasteiger partial charge in [0.1, 0.15) is 11.4 Å². The summed E-state index contributed by atoms with van der Waals surface area (Å²) in [6, 6.07) is 6.24. The van der Waals surface area contributed by atoms with E-state index in [4.69, 9.17) is 9.47 Å². The van der Waals surface area contributed by atoms with E-state index in [1.54, 1.807) is 14.2 Å². The first-order chi connectivity index (χ1) is 12.7. The molecule has 0 bridgehead atoms. The summed E-state index contributed by atoms with van der Waals surface area (Å²) in [5.74, 6) is 1.65. The lowest BCUT2D eigenvalue weighted by Crippen LogP contribution is -2.40. The standard InChI is InChI=1S/C20H34N4O3.HI/c1-15-8-9-16(14-17(15)26-6)10-13-23-18(21-5)22-11-7-12-24-19(25)27-20(2,3)4;/h8-9,14H,7,10-13H2,1-6H3,(H,24,25)(H2,21,22,23);1H. The summed E-state index contributed by atoms with van der Waals surface area (Å²) in [7, 11) is 3.43. The molecule has 160 valence electrons. The third-order valence-corrected chi connectivity index (χ3v) is 3.72. The van der Waals surface area contributed by atoms with Gasteiger partial charge in [-0.1, -0.05) is 12.1 Å². The molecule has 1 amide bonds. The fourth-order valence-electron chi connectivity index (χ4n) is 2.37. The number of hydrogen-bond acceptors (Lipinski definition) is 4. The molecule has 28 heavy (non-hydrogen) atoms. The van der Waals surface area contributed by atoms with Gasteiger partial charge in [0.05, 0.1) is 7.11 Å². The molecule has 7 nitrogen and oxygen atoms in total. The van der Waals surface area contributed by atoms with E-state index < -0.39 is 11.7 Å². The Labute approximate surface area is 186 Å². The number of aliphatic imine (C=N–C) groups is 1. The average Bonchev–Trinajstić information content (AvgIpc) is 2.59. The first-order valence-electron chi connectivity index (χ1n) is 9.30. The van der Waals surface area contributed by atoms with E-state index in [9.17, 15) is 4.79 Å². The summed E-state index contributed by atoms with van der Waals surface area (Å²) in [5.41, 5.74) is 1.86. The minimum absolute atomic E-state index is 0. The SMILES string of the molecule is CN=C(NCCCNC(=O)OC(C)(C)C)NCCc1ccc(C)c(OC)c1.I. The van der Waals surface area contributed by atoms with E-state index in [0.717, 1.165) is 36.7 Å². The van der Waals surface area contributed by atoms with Crippen molar-refractivity contribution in [2.24, 2.45) is 4.99 Å². The Kier molecular flexibility index (Phi) is 12.6. The van der Waals surface area contributed by atoms with Crippen LogP contribution in [0.1, 0.15) is 38.3 Å². The molecule has 1 aromatic rings. The second kappa shape index (κ2) is 13.5. The van der Waals surface area contributed by atoms with Gasteiger partial charge in [-0.2, -0.15) is 0 Å². The van der Waals surface area contributed by atoms with Crippen LogP contribution in [0.4, 0.5) is 4.79 Å². The lowest BCUT2D eigenvalue weighted by atomic mass is 10.1. The molecule has 0 atom stereocenters. The zero-order chi connectivity index (χ0) is 20.3. The quantitative estimate of drug-likeness (QED) is 0.218. The summed E-state index contributed by atoms with van der Waals surface area (Å²) in [6.07, 6.45) is 1.26. The number of nitrogens with zero attached hydrogens (tertiary/aromatic N) is 1. The highest BCUT2D eigenvalue weighted by molar-refractivity contribution is 14.0. The average molecular weight is 506 g/mol. The number of carbonyl (C=O) groups excluding carboxylic acids is 1. The van der Waals surface area contributed by atoms with Crippen LogP contribution in [-0.2, 0) is 11.2 Å². The molecule has 0 aliphatic rings. The van der Waals surface area contributed by atoms with E-state index in [2.05, 4.69) is 39.1 Å². The molecule has 0 radical (unpaired) electrons. The Bertz CT molecular complexity index is 630. The molecule has 8 heteroatoms. The Morgan fingerprint density at radius 1 is 1.11 bits per heavy atom. The maximum absolute atomic E-state index is 11.6. The number of hydrogen-bond donors (Lipinski definition) is 3. The number of nitrogens with one attached hydrogen (secondary N) is 3. The molecule has 0 aliphatic carbocycles. The molecule has 0 saturated carbocycles. The van der Waals surface area contributed by atoms with Crippen molar-refractivity contribution < 1.29 is 14.3 Å². The van der Waals surface area contributed by atoms with Gasteiger partial charge in [0.2, 0.25) is 0 Å². The van der Waals surface area contributed by atoms with Crippen LogP contribution >= 0.6 is 24.0 Å². The number of guanidine groups is 1. The second-order valence-electron chi connectivity index (χ2n) is 7.26. The van der Waals surface area contributed by atoms with Crippen molar-refractivity contribution in [1.82, 2.24) is 16.0 Å². The first kappa shape index (κ1) is 26.3. The molecule has 1 aromatic carbocycles. The number of halogens is 1. The normalized spacial score (nSPS) is 11.3. The summed E-state index contributed by atoms with van der Waals surface area (Å²) in [5, 5.41) is 9.26. The Hall–Kier alpha value is -1.71. The van der Waals surface area contributed by atoms with Crippen LogP contribution in [0.5, 0.6) is 5.75 Å².